The summed E-state index contributed by atoms with van der Waals surface area (Å²) in [5, 5.41) is 12.4. The van der Waals surface area contributed by atoms with Crippen molar-refractivity contribution in [3.05, 3.63) is 29.3 Å². The van der Waals surface area contributed by atoms with Gasteiger partial charge in [-0.1, -0.05) is 24.1 Å². The van der Waals surface area contributed by atoms with E-state index in [1.54, 1.807) is 31.2 Å². The smallest absolute Gasteiger partial charge is 0.311 e. The molecule has 5 nitrogen and oxygen atoms in total. The van der Waals surface area contributed by atoms with Crippen molar-refractivity contribution < 1.29 is 19.4 Å². The molecule has 0 heterocycles. The Labute approximate surface area is 128 Å². The van der Waals surface area contributed by atoms with Gasteiger partial charge in [0.15, 0.2) is 6.10 Å². The Hall–Kier alpha value is -1.75. The predicted molar refractivity (Wildman–Crippen MR) is 78.5 cm³/mol. The number of rotatable bonds is 6. The second-order valence-corrected chi connectivity index (χ2v) is 5.81. The maximum Gasteiger partial charge on any atom is 0.311 e. The number of carbonyl (C=O) groups is 2. The predicted octanol–water partition coefficient (Wildman–Crippen LogP) is 2.48. The molecule has 1 amide bonds. The molecule has 1 fully saturated rings. The first-order valence-corrected chi connectivity index (χ1v) is 7.24. The van der Waals surface area contributed by atoms with Crippen LogP contribution in [0.3, 0.4) is 0 Å². The number of amides is 1. The van der Waals surface area contributed by atoms with E-state index in [-0.39, 0.29) is 12.5 Å². The second kappa shape index (κ2) is 6.35. The number of hydrogen-bond acceptors (Lipinski definition) is 3. The highest BCUT2D eigenvalue weighted by molar-refractivity contribution is 6.30. The summed E-state index contributed by atoms with van der Waals surface area (Å²) in [5.74, 6) is -0.679. The van der Waals surface area contributed by atoms with Crippen LogP contribution in [-0.2, 0) is 9.59 Å². The largest absolute Gasteiger partial charge is 0.481 e. The van der Waals surface area contributed by atoms with Crippen LogP contribution in [0.4, 0.5) is 0 Å². The Morgan fingerprint density at radius 3 is 2.71 bits per heavy atom. The van der Waals surface area contributed by atoms with Gasteiger partial charge in [-0.15, -0.1) is 0 Å². The Bertz CT molecular complexity index is 542. The number of nitrogens with one attached hydrogen (secondary N) is 1. The molecule has 0 saturated heterocycles. The van der Waals surface area contributed by atoms with E-state index < -0.39 is 17.5 Å². The molecule has 0 spiro atoms. The van der Waals surface area contributed by atoms with Gasteiger partial charge in [-0.3, -0.25) is 9.59 Å². The number of ether oxygens (including phenoxy) is 1. The third-order valence-corrected chi connectivity index (χ3v) is 4.08. The summed E-state index contributed by atoms with van der Waals surface area (Å²) in [5.41, 5.74) is -0.800. The van der Waals surface area contributed by atoms with Crippen LogP contribution in [0.5, 0.6) is 5.75 Å². The molecule has 1 saturated carbocycles. The molecule has 1 aliphatic rings. The topological polar surface area (TPSA) is 75.6 Å². The average molecular weight is 312 g/mol. The van der Waals surface area contributed by atoms with Crippen molar-refractivity contribution in [3.8, 4) is 5.75 Å². The standard InChI is InChI=1S/C15H18ClNO4/c1-10(21-12-5-2-4-11(16)8-12)13(18)17-9-15(14(19)20)6-3-7-15/h2,4-5,8,10H,3,6-7,9H2,1H3,(H,17,18)(H,19,20). The van der Waals surface area contributed by atoms with E-state index in [9.17, 15) is 14.7 Å². The maximum absolute atomic E-state index is 12.0. The van der Waals surface area contributed by atoms with Crippen molar-refractivity contribution in [2.45, 2.75) is 32.3 Å². The number of carbonyl (C=O) groups excluding carboxylic acids is 1. The number of benzene rings is 1. The molecule has 1 unspecified atom stereocenters. The second-order valence-electron chi connectivity index (χ2n) is 5.37. The van der Waals surface area contributed by atoms with Gasteiger partial charge in [0.25, 0.3) is 5.91 Å². The van der Waals surface area contributed by atoms with Gasteiger partial charge < -0.3 is 15.2 Å². The van der Waals surface area contributed by atoms with Crippen LogP contribution in [0.25, 0.3) is 0 Å². The molecule has 114 valence electrons. The lowest BCUT2D eigenvalue weighted by molar-refractivity contribution is -0.154. The van der Waals surface area contributed by atoms with E-state index in [0.29, 0.717) is 23.6 Å². The molecular formula is C15H18ClNO4. The van der Waals surface area contributed by atoms with Gasteiger partial charge in [-0.05, 0) is 38.0 Å². The van der Waals surface area contributed by atoms with Gasteiger partial charge >= 0.3 is 5.97 Å². The molecule has 6 heteroatoms. The number of hydrogen-bond donors (Lipinski definition) is 2. The van der Waals surface area contributed by atoms with E-state index in [1.165, 1.54) is 0 Å². The van der Waals surface area contributed by atoms with Gasteiger partial charge in [0.05, 0.1) is 5.41 Å². The van der Waals surface area contributed by atoms with Gasteiger partial charge in [0.1, 0.15) is 5.75 Å². The average Bonchev–Trinajstić information content (AvgIpc) is 2.36. The summed E-state index contributed by atoms with van der Waals surface area (Å²) in [6.45, 7) is 1.76. The van der Waals surface area contributed by atoms with E-state index in [1.807, 2.05) is 0 Å². The number of halogens is 1. The van der Waals surface area contributed by atoms with Crippen LogP contribution in [0.1, 0.15) is 26.2 Å². The molecule has 1 aromatic carbocycles. The Kier molecular flexibility index (Phi) is 4.73. The maximum atomic E-state index is 12.0. The number of carboxylic acid groups (broad SMARTS) is 1. The molecule has 1 aromatic rings. The zero-order valence-electron chi connectivity index (χ0n) is 11.8. The molecule has 0 aromatic heterocycles. The Balaban J connectivity index is 1.87. The fraction of sp³-hybridized carbons (Fsp3) is 0.467. The van der Waals surface area contributed by atoms with Crippen LogP contribution in [0, 0.1) is 5.41 Å². The SMILES string of the molecule is CC(Oc1cccc(Cl)c1)C(=O)NCC1(C(=O)O)CCC1. The molecule has 0 bridgehead atoms. The Morgan fingerprint density at radius 1 is 1.48 bits per heavy atom. The minimum atomic E-state index is -0.850. The van der Waals surface area contributed by atoms with E-state index in [0.717, 1.165) is 6.42 Å². The van der Waals surface area contributed by atoms with Crippen LogP contribution in [-0.4, -0.2) is 29.6 Å². The van der Waals surface area contributed by atoms with E-state index in [2.05, 4.69) is 5.32 Å². The summed E-state index contributed by atoms with van der Waals surface area (Å²) in [6, 6.07) is 6.78. The van der Waals surface area contributed by atoms with Crippen LogP contribution < -0.4 is 10.1 Å². The first-order valence-electron chi connectivity index (χ1n) is 6.86. The number of carboxylic acids is 1. The molecule has 2 N–H and O–H groups in total. The van der Waals surface area contributed by atoms with Crippen LogP contribution >= 0.6 is 11.6 Å². The van der Waals surface area contributed by atoms with Crippen molar-refractivity contribution in [2.24, 2.45) is 5.41 Å². The quantitative estimate of drug-likeness (QED) is 0.846. The zero-order valence-corrected chi connectivity index (χ0v) is 12.5. The summed E-state index contributed by atoms with van der Waals surface area (Å²) in [7, 11) is 0. The molecular weight excluding hydrogens is 294 g/mol. The van der Waals surface area contributed by atoms with Crippen molar-refractivity contribution in [3.63, 3.8) is 0 Å². The van der Waals surface area contributed by atoms with Crippen molar-refractivity contribution in [2.75, 3.05) is 6.54 Å². The summed E-state index contributed by atoms with van der Waals surface area (Å²) in [6.07, 6.45) is 1.38. The zero-order chi connectivity index (χ0) is 15.5. The van der Waals surface area contributed by atoms with Crippen LogP contribution in [0.2, 0.25) is 5.02 Å². The molecule has 0 aliphatic heterocycles. The molecule has 1 aliphatic carbocycles. The third-order valence-electron chi connectivity index (χ3n) is 3.84. The third kappa shape index (κ3) is 3.67. The number of aliphatic carboxylic acids is 1. The summed E-state index contributed by atoms with van der Waals surface area (Å²) in [4.78, 5) is 23.2. The van der Waals surface area contributed by atoms with Crippen LogP contribution in [0.15, 0.2) is 24.3 Å². The highest BCUT2D eigenvalue weighted by Gasteiger charge is 2.44. The minimum Gasteiger partial charge on any atom is -0.481 e. The first kappa shape index (κ1) is 15.6. The normalized spacial score (nSPS) is 17.4. The lowest BCUT2D eigenvalue weighted by Crippen LogP contribution is -2.49. The van der Waals surface area contributed by atoms with Gasteiger partial charge in [-0.25, -0.2) is 0 Å². The summed E-state index contributed by atoms with van der Waals surface area (Å²) >= 11 is 5.84. The molecule has 21 heavy (non-hydrogen) atoms. The highest BCUT2D eigenvalue weighted by Crippen LogP contribution is 2.40. The molecule has 0 radical (unpaired) electrons. The highest BCUT2D eigenvalue weighted by atomic mass is 35.5. The van der Waals surface area contributed by atoms with Crippen molar-refractivity contribution in [1.82, 2.24) is 5.32 Å². The summed E-state index contributed by atoms with van der Waals surface area (Å²) < 4.78 is 5.49. The van der Waals surface area contributed by atoms with Gasteiger partial charge in [0, 0.05) is 11.6 Å². The monoisotopic (exact) mass is 311 g/mol. The Morgan fingerprint density at radius 2 is 2.19 bits per heavy atom. The fourth-order valence-corrected chi connectivity index (χ4v) is 2.45. The van der Waals surface area contributed by atoms with Crippen molar-refractivity contribution in [1.29, 1.82) is 0 Å². The van der Waals surface area contributed by atoms with E-state index >= 15 is 0 Å². The van der Waals surface area contributed by atoms with Crippen molar-refractivity contribution >= 4 is 23.5 Å². The fourth-order valence-electron chi connectivity index (χ4n) is 2.27. The lowest BCUT2D eigenvalue weighted by Gasteiger charge is -2.37. The van der Waals surface area contributed by atoms with E-state index in [4.69, 9.17) is 16.3 Å². The molecule has 2 rings (SSSR count). The first-order chi connectivity index (χ1) is 9.93. The van der Waals surface area contributed by atoms with Gasteiger partial charge in [0.2, 0.25) is 0 Å². The lowest BCUT2D eigenvalue weighted by atomic mass is 9.69. The minimum absolute atomic E-state index is 0.143. The van der Waals surface area contributed by atoms with Gasteiger partial charge in [-0.2, -0.15) is 0 Å². The molecule has 1 atom stereocenters.